The lowest BCUT2D eigenvalue weighted by atomic mass is 9.61. The second kappa shape index (κ2) is 13.6. The van der Waals surface area contributed by atoms with Gasteiger partial charge in [0.15, 0.2) is 40.8 Å². The highest BCUT2D eigenvalue weighted by Crippen LogP contribution is 2.56. The monoisotopic (exact) mass is 770 g/mol. The first-order chi connectivity index (χ1) is 29.6. The minimum absolute atomic E-state index is 0.0260. The summed E-state index contributed by atoms with van der Waals surface area (Å²) >= 11 is 0. The van der Waals surface area contributed by atoms with Crippen LogP contribution in [-0.2, 0) is 7.05 Å². The van der Waals surface area contributed by atoms with Crippen LogP contribution in [0.5, 0.6) is 0 Å². The largest absolute Gasteiger partial charge is 0.324 e. The standard InChI is InChI=1S/C52H34N8/c1-60-43-24-14-13-23-42(43)53-52(60)51-58-48(33-19-9-4-10-20-33)57-50(59-51)35-26-28-39-41(30-35)45-37-22-12-11-21-36(37)44(39)40-29-34(25-27-38(40)45)49-55-46(31-15-5-2-6-16-31)54-47(56-49)32-17-7-3-8-18-32/h2-30,44-45H,1H3. The lowest BCUT2D eigenvalue weighted by Crippen LogP contribution is -2.27. The highest BCUT2D eigenvalue weighted by Gasteiger charge is 2.41. The maximum absolute atomic E-state index is 5.13. The van der Waals surface area contributed by atoms with Crippen molar-refractivity contribution < 1.29 is 0 Å². The van der Waals surface area contributed by atoms with Gasteiger partial charge in [0.05, 0.1) is 11.0 Å². The van der Waals surface area contributed by atoms with Gasteiger partial charge in [-0.1, -0.05) is 152 Å². The molecule has 3 aliphatic rings. The minimum atomic E-state index is 0.0260. The number of imidazole rings is 1. The maximum atomic E-state index is 5.13. The number of hydrogen-bond acceptors (Lipinski definition) is 7. The van der Waals surface area contributed by atoms with Crippen LogP contribution in [0.2, 0.25) is 0 Å². The van der Waals surface area contributed by atoms with Crippen molar-refractivity contribution in [1.82, 2.24) is 39.5 Å². The van der Waals surface area contributed by atoms with Gasteiger partial charge in [-0.3, -0.25) is 0 Å². The fourth-order valence-electron chi connectivity index (χ4n) is 9.10. The molecule has 0 saturated heterocycles. The molecule has 60 heavy (non-hydrogen) atoms. The van der Waals surface area contributed by atoms with Gasteiger partial charge in [0.25, 0.3) is 0 Å². The van der Waals surface area contributed by atoms with E-state index in [-0.39, 0.29) is 11.8 Å². The first kappa shape index (κ1) is 34.1. The fourth-order valence-corrected chi connectivity index (χ4v) is 9.10. The van der Waals surface area contributed by atoms with E-state index in [1.807, 2.05) is 116 Å². The molecule has 3 aromatic heterocycles. The zero-order valence-corrected chi connectivity index (χ0v) is 32.5. The molecule has 10 aromatic rings. The predicted octanol–water partition coefficient (Wildman–Crippen LogP) is 10.9. The first-order valence-corrected chi connectivity index (χ1v) is 20.1. The Kier molecular flexibility index (Phi) is 7.71. The molecule has 0 spiro atoms. The average molecular weight is 771 g/mol. The second-order valence-electron chi connectivity index (χ2n) is 15.4. The third-order valence-electron chi connectivity index (χ3n) is 11.9. The summed E-state index contributed by atoms with van der Waals surface area (Å²) in [5.41, 5.74) is 14.4. The molecule has 3 aliphatic carbocycles. The summed E-state index contributed by atoms with van der Waals surface area (Å²) in [4.78, 5) is 35.3. The normalized spacial score (nSPS) is 14.8. The molecular weight excluding hydrogens is 737 g/mol. The van der Waals surface area contributed by atoms with Crippen molar-refractivity contribution in [2.45, 2.75) is 11.8 Å². The van der Waals surface area contributed by atoms with E-state index in [4.69, 9.17) is 34.9 Å². The van der Waals surface area contributed by atoms with Crippen LogP contribution in [0, 0.1) is 0 Å². The molecule has 0 saturated carbocycles. The quantitative estimate of drug-likeness (QED) is 0.166. The van der Waals surface area contributed by atoms with Crippen molar-refractivity contribution in [1.29, 1.82) is 0 Å². The van der Waals surface area contributed by atoms with E-state index in [1.165, 1.54) is 33.4 Å². The Morgan fingerprint density at radius 1 is 0.317 bits per heavy atom. The van der Waals surface area contributed by atoms with E-state index < -0.39 is 0 Å². The van der Waals surface area contributed by atoms with Crippen LogP contribution in [0.1, 0.15) is 45.2 Å². The Hall–Kier alpha value is -7.97. The molecule has 2 unspecified atom stereocenters. The molecule has 0 N–H and O–H groups in total. The van der Waals surface area contributed by atoms with Crippen molar-refractivity contribution in [2.75, 3.05) is 0 Å². The third-order valence-corrected chi connectivity index (χ3v) is 11.9. The van der Waals surface area contributed by atoms with Gasteiger partial charge in [-0.05, 0) is 57.6 Å². The molecule has 8 nitrogen and oxygen atoms in total. The number of aromatic nitrogens is 8. The Labute approximate surface area is 346 Å². The molecule has 8 heteroatoms. The zero-order chi connectivity index (χ0) is 39.7. The van der Waals surface area contributed by atoms with E-state index in [9.17, 15) is 0 Å². The maximum Gasteiger partial charge on any atom is 0.200 e. The SMILES string of the molecule is Cn1c(-c2nc(-c3ccccc3)nc(-c3ccc4c(c3)C3c5ccccc5C4c4cc(-c5nc(-c6ccccc6)nc(-c6ccccc6)n5)ccc43)n2)nc2ccccc21. The number of aryl methyl sites for hydroxylation is 1. The van der Waals surface area contributed by atoms with Crippen LogP contribution in [0.15, 0.2) is 176 Å². The van der Waals surface area contributed by atoms with E-state index in [2.05, 4.69) is 71.3 Å². The second-order valence-corrected chi connectivity index (χ2v) is 15.4. The van der Waals surface area contributed by atoms with Crippen LogP contribution in [0.25, 0.3) is 79.6 Å². The highest BCUT2D eigenvalue weighted by atomic mass is 15.1. The topological polar surface area (TPSA) is 95.2 Å². The number of nitrogens with zero attached hydrogens (tertiary/aromatic N) is 8. The highest BCUT2D eigenvalue weighted by molar-refractivity contribution is 5.80. The average Bonchev–Trinajstić information content (AvgIpc) is 3.67. The molecular formula is C52H34N8. The summed E-state index contributed by atoms with van der Waals surface area (Å²) in [7, 11) is 2.01. The molecule has 2 atom stereocenters. The van der Waals surface area contributed by atoms with Crippen molar-refractivity contribution in [3.8, 4) is 68.6 Å². The molecule has 0 radical (unpaired) electrons. The van der Waals surface area contributed by atoms with Gasteiger partial charge in [0, 0.05) is 46.7 Å². The van der Waals surface area contributed by atoms with Gasteiger partial charge in [-0.15, -0.1) is 0 Å². The number of benzene rings is 7. The lowest BCUT2D eigenvalue weighted by Gasteiger charge is -2.42. The van der Waals surface area contributed by atoms with E-state index in [0.717, 1.165) is 38.9 Å². The molecule has 3 heterocycles. The van der Waals surface area contributed by atoms with Gasteiger partial charge in [0.1, 0.15) is 0 Å². The third kappa shape index (κ3) is 5.49. The van der Waals surface area contributed by atoms with E-state index in [0.29, 0.717) is 40.8 Å². The van der Waals surface area contributed by atoms with Crippen LogP contribution >= 0.6 is 0 Å². The summed E-state index contributed by atoms with van der Waals surface area (Å²) in [6.45, 7) is 0. The van der Waals surface area contributed by atoms with Crippen LogP contribution in [0.4, 0.5) is 0 Å². The number of fused-ring (bicyclic) bond motifs is 1. The van der Waals surface area contributed by atoms with Crippen molar-refractivity contribution >= 4 is 11.0 Å². The summed E-state index contributed by atoms with van der Waals surface area (Å²) in [6.07, 6.45) is 0. The van der Waals surface area contributed by atoms with Crippen LogP contribution < -0.4 is 0 Å². The first-order valence-electron chi connectivity index (χ1n) is 20.1. The Balaban J connectivity index is 0.996. The molecule has 13 rings (SSSR count). The lowest BCUT2D eigenvalue weighted by molar-refractivity contribution is 0.754. The fraction of sp³-hybridized carbons (Fsp3) is 0.0577. The van der Waals surface area contributed by atoms with Crippen molar-refractivity contribution in [3.63, 3.8) is 0 Å². The summed E-state index contributed by atoms with van der Waals surface area (Å²) in [5.74, 6) is 4.44. The van der Waals surface area contributed by atoms with Crippen LogP contribution in [0.3, 0.4) is 0 Å². The number of para-hydroxylation sites is 2. The molecule has 7 aromatic carbocycles. The van der Waals surface area contributed by atoms with Gasteiger partial charge in [-0.25, -0.2) is 34.9 Å². The summed E-state index contributed by atoms with van der Waals surface area (Å²) in [5, 5.41) is 0. The van der Waals surface area contributed by atoms with Gasteiger partial charge < -0.3 is 4.57 Å². The van der Waals surface area contributed by atoms with Gasteiger partial charge in [-0.2, -0.15) is 0 Å². The van der Waals surface area contributed by atoms with Crippen molar-refractivity contribution in [2.24, 2.45) is 7.05 Å². The van der Waals surface area contributed by atoms with Gasteiger partial charge in [0.2, 0.25) is 0 Å². The zero-order valence-electron chi connectivity index (χ0n) is 32.5. The summed E-state index contributed by atoms with van der Waals surface area (Å²) in [6, 6.07) is 60.8. The van der Waals surface area contributed by atoms with E-state index in [1.54, 1.807) is 0 Å². The molecule has 2 bridgehead atoms. The molecule has 0 aliphatic heterocycles. The Morgan fingerprint density at radius 2 is 0.683 bits per heavy atom. The molecule has 0 amide bonds. The Morgan fingerprint density at radius 3 is 1.13 bits per heavy atom. The van der Waals surface area contributed by atoms with E-state index >= 15 is 0 Å². The van der Waals surface area contributed by atoms with Crippen LogP contribution in [-0.4, -0.2) is 39.5 Å². The number of hydrogen-bond donors (Lipinski definition) is 0. The summed E-state index contributed by atoms with van der Waals surface area (Å²) < 4.78 is 2.05. The smallest absolute Gasteiger partial charge is 0.200 e. The predicted molar refractivity (Wildman–Crippen MR) is 235 cm³/mol. The van der Waals surface area contributed by atoms with Gasteiger partial charge >= 0.3 is 0 Å². The molecule has 0 fully saturated rings. The number of rotatable bonds is 6. The minimum Gasteiger partial charge on any atom is -0.324 e. The molecule has 282 valence electrons. The Bertz CT molecular complexity index is 3230. The van der Waals surface area contributed by atoms with Crippen molar-refractivity contribution in [3.05, 3.63) is 209 Å².